The van der Waals surface area contributed by atoms with Crippen LogP contribution in [0.25, 0.3) is 0 Å². The number of morpholine rings is 1. The minimum Gasteiger partial charge on any atom is -0.491 e. The number of aliphatic imine (C=N–C) groups is 1. The van der Waals surface area contributed by atoms with Crippen LogP contribution in [0.15, 0.2) is 23.2 Å². The highest BCUT2D eigenvalue weighted by atomic mass is 16.5. The molecule has 4 rings (SSSR count). The third kappa shape index (κ3) is 4.31. The van der Waals surface area contributed by atoms with E-state index in [2.05, 4.69) is 5.32 Å². The quantitative estimate of drug-likeness (QED) is 0.672. The van der Waals surface area contributed by atoms with Crippen molar-refractivity contribution in [2.75, 3.05) is 46.5 Å². The topological polar surface area (TPSA) is 107 Å². The molecule has 2 N–H and O–H groups in total. The molecule has 168 valence electrons. The summed E-state index contributed by atoms with van der Waals surface area (Å²) in [5.74, 6) is 0.867. The van der Waals surface area contributed by atoms with Gasteiger partial charge in [-0.3, -0.25) is 10.1 Å². The predicted octanol–water partition coefficient (Wildman–Crippen LogP) is -0.0768. The standard InChI is InChI=1S/C21H29N5O5/c1-13-4-5-16(10-14(13)2)31-12-15(27)11-26-17-18(24(3)21(29)23-19(17)28)22-20(26)25-6-8-30-9-7-25/h4-5,10,15,17-18,27H,6-9,11-12H2,1-3H3,(H,23,28,29). The molecular weight excluding hydrogens is 402 g/mol. The summed E-state index contributed by atoms with van der Waals surface area (Å²) in [6, 6.07) is 4.61. The number of likely N-dealkylation sites (N-methyl/N-ethyl adjacent to an activating group) is 1. The van der Waals surface area contributed by atoms with Crippen molar-refractivity contribution in [3.63, 3.8) is 0 Å². The number of ether oxygens (including phenoxy) is 2. The SMILES string of the molecule is Cc1ccc(OCC(O)CN2C(N3CCOCC3)=NC3C2C(=O)NC(=O)N3C)cc1C. The van der Waals surface area contributed by atoms with Crippen molar-refractivity contribution in [2.24, 2.45) is 4.99 Å². The molecule has 3 unspecified atom stereocenters. The number of rotatable bonds is 5. The van der Waals surface area contributed by atoms with Crippen LogP contribution in [0.2, 0.25) is 0 Å². The molecule has 0 aromatic heterocycles. The number of nitrogens with one attached hydrogen (secondary N) is 1. The van der Waals surface area contributed by atoms with Crippen molar-refractivity contribution in [2.45, 2.75) is 32.2 Å². The van der Waals surface area contributed by atoms with Crippen LogP contribution in [0.3, 0.4) is 0 Å². The average Bonchev–Trinajstić information content (AvgIpc) is 3.13. The third-order valence-electron chi connectivity index (χ3n) is 5.96. The molecule has 3 heterocycles. The van der Waals surface area contributed by atoms with Gasteiger partial charge in [-0.1, -0.05) is 6.07 Å². The van der Waals surface area contributed by atoms with Gasteiger partial charge in [-0.05, 0) is 37.1 Å². The van der Waals surface area contributed by atoms with Gasteiger partial charge in [0, 0.05) is 20.1 Å². The Hall–Kier alpha value is -2.85. The Morgan fingerprint density at radius 1 is 1.26 bits per heavy atom. The Balaban J connectivity index is 1.49. The highest BCUT2D eigenvalue weighted by molar-refractivity contribution is 6.03. The fourth-order valence-electron chi connectivity index (χ4n) is 4.01. The molecule has 3 aliphatic heterocycles. The largest absolute Gasteiger partial charge is 0.491 e. The van der Waals surface area contributed by atoms with Crippen LogP contribution < -0.4 is 10.1 Å². The van der Waals surface area contributed by atoms with Gasteiger partial charge < -0.3 is 29.3 Å². The number of carbonyl (C=O) groups is 2. The van der Waals surface area contributed by atoms with E-state index in [-0.39, 0.29) is 13.2 Å². The Labute approximate surface area is 181 Å². The zero-order valence-corrected chi connectivity index (χ0v) is 18.1. The lowest BCUT2D eigenvalue weighted by Crippen LogP contribution is -2.65. The van der Waals surface area contributed by atoms with E-state index in [1.807, 2.05) is 36.9 Å². The second-order valence-electron chi connectivity index (χ2n) is 8.16. The molecule has 3 amide bonds. The molecule has 2 saturated heterocycles. The van der Waals surface area contributed by atoms with E-state index in [0.29, 0.717) is 38.0 Å². The molecule has 1 aromatic rings. The molecule has 31 heavy (non-hydrogen) atoms. The van der Waals surface area contributed by atoms with Crippen molar-refractivity contribution < 1.29 is 24.2 Å². The molecule has 0 bridgehead atoms. The number of guanidine groups is 1. The summed E-state index contributed by atoms with van der Waals surface area (Å²) in [7, 11) is 1.61. The maximum absolute atomic E-state index is 12.7. The molecule has 0 aliphatic carbocycles. The van der Waals surface area contributed by atoms with E-state index in [9.17, 15) is 14.7 Å². The molecule has 1 aromatic carbocycles. The molecule has 0 radical (unpaired) electrons. The Kier molecular flexibility index (Phi) is 6.01. The fourth-order valence-corrected chi connectivity index (χ4v) is 4.01. The lowest BCUT2D eigenvalue weighted by molar-refractivity contribution is -0.127. The molecule has 10 nitrogen and oxygen atoms in total. The van der Waals surface area contributed by atoms with Gasteiger partial charge in [-0.15, -0.1) is 0 Å². The molecule has 2 fully saturated rings. The number of aryl methyl sites for hydroxylation is 2. The first-order chi connectivity index (χ1) is 14.8. The predicted molar refractivity (Wildman–Crippen MR) is 113 cm³/mol. The minimum absolute atomic E-state index is 0.0726. The summed E-state index contributed by atoms with van der Waals surface area (Å²) in [5, 5.41) is 13.1. The summed E-state index contributed by atoms with van der Waals surface area (Å²) in [6.07, 6.45) is -1.49. The van der Waals surface area contributed by atoms with Crippen LogP contribution in [0, 0.1) is 13.8 Å². The summed E-state index contributed by atoms with van der Waals surface area (Å²) >= 11 is 0. The number of urea groups is 1. The highest BCUT2D eigenvalue weighted by Gasteiger charge is 2.50. The first kappa shape index (κ1) is 21.4. The van der Waals surface area contributed by atoms with E-state index in [1.54, 1.807) is 11.9 Å². The van der Waals surface area contributed by atoms with Crippen molar-refractivity contribution >= 4 is 17.9 Å². The number of carbonyl (C=O) groups excluding carboxylic acids is 2. The van der Waals surface area contributed by atoms with Gasteiger partial charge in [-0.25, -0.2) is 9.79 Å². The van der Waals surface area contributed by atoms with Crippen LogP contribution >= 0.6 is 0 Å². The first-order valence-corrected chi connectivity index (χ1v) is 10.5. The van der Waals surface area contributed by atoms with E-state index >= 15 is 0 Å². The zero-order chi connectivity index (χ0) is 22.1. The number of β-amino-alcohol motifs (C(OH)–C–C–N with tert-alkyl or cyclic N) is 1. The maximum Gasteiger partial charge on any atom is 0.325 e. The molecule has 3 aliphatic rings. The van der Waals surface area contributed by atoms with E-state index in [0.717, 1.165) is 5.56 Å². The van der Waals surface area contributed by atoms with Gasteiger partial charge in [0.2, 0.25) is 0 Å². The fraction of sp³-hybridized carbons (Fsp3) is 0.571. The number of fused-ring (bicyclic) bond motifs is 1. The molecule has 0 spiro atoms. The zero-order valence-electron chi connectivity index (χ0n) is 18.1. The molecular formula is C21H29N5O5. The van der Waals surface area contributed by atoms with Gasteiger partial charge in [0.25, 0.3) is 5.91 Å². The number of hydrogen-bond donors (Lipinski definition) is 2. The smallest absolute Gasteiger partial charge is 0.325 e. The van der Waals surface area contributed by atoms with E-state index < -0.39 is 30.2 Å². The van der Waals surface area contributed by atoms with Crippen molar-refractivity contribution in [1.29, 1.82) is 0 Å². The molecule has 0 saturated carbocycles. The number of aliphatic hydroxyl groups is 1. The number of aliphatic hydroxyl groups excluding tert-OH is 1. The Morgan fingerprint density at radius 2 is 2.00 bits per heavy atom. The highest BCUT2D eigenvalue weighted by Crippen LogP contribution is 2.26. The summed E-state index contributed by atoms with van der Waals surface area (Å²) in [5.41, 5.74) is 2.28. The van der Waals surface area contributed by atoms with Crippen LogP contribution in [0.5, 0.6) is 5.75 Å². The number of benzene rings is 1. The van der Waals surface area contributed by atoms with E-state index in [1.165, 1.54) is 10.5 Å². The van der Waals surface area contributed by atoms with Crippen LogP contribution in [-0.2, 0) is 9.53 Å². The average molecular weight is 431 g/mol. The van der Waals surface area contributed by atoms with Crippen molar-refractivity contribution in [1.82, 2.24) is 20.0 Å². The van der Waals surface area contributed by atoms with Gasteiger partial charge in [0.1, 0.15) is 18.5 Å². The molecule has 3 atom stereocenters. The first-order valence-electron chi connectivity index (χ1n) is 10.5. The Bertz CT molecular complexity index is 885. The van der Waals surface area contributed by atoms with Gasteiger partial charge in [0.05, 0.1) is 19.8 Å². The van der Waals surface area contributed by atoms with Crippen LogP contribution in [-0.4, -0.2) is 103 Å². The number of imide groups is 1. The Morgan fingerprint density at radius 3 is 2.71 bits per heavy atom. The van der Waals surface area contributed by atoms with Gasteiger partial charge in [0.15, 0.2) is 18.2 Å². The number of amides is 3. The summed E-state index contributed by atoms with van der Waals surface area (Å²) in [4.78, 5) is 34.7. The summed E-state index contributed by atoms with van der Waals surface area (Å²) in [6.45, 7) is 6.63. The van der Waals surface area contributed by atoms with E-state index in [4.69, 9.17) is 14.5 Å². The second-order valence-corrected chi connectivity index (χ2v) is 8.16. The van der Waals surface area contributed by atoms with Crippen molar-refractivity contribution in [3.05, 3.63) is 29.3 Å². The third-order valence-corrected chi connectivity index (χ3v) is 5.96. The van der Waals surface area contributed by atoms with Gasteiger partial charge in [-0.2, -0.15) is 0 Å². The van der Waals surface area contributed by atoms with Crippen LogP contribution in [0.1, 0.15) is 11.1 Å². The number of nitrogens with zero attached hydrogens (tertiary/aromatic N) is 4. The minimum atomic E-state index is -0.859. The van der Waals surface area contributed by atoms with Crippen LogP contribution in [0.4, 0.5) is 4.79 Å². The summed E-state index contributed by atoms with van der Waals surface area (Å²) < 4.78 is 11.2. The maximum atomic E-state index is 12.7. The molecule has 10 heteroatoms. The van der Waals surface area contributed by atoms with Gasteiger partial charge >= 0.3 is 6.03 Å². The van der Waals surface area contributed by atoms with Crippen molar-refractivity contribution in [3.8, 4) is 5.75 Å². The number of hydrogen-bond acceptors (Lipinski definition) is 8. The monoisotopic (exact) mass is 431 g/mol. The second kappa shape index (κ2) is 8.72. The normalized spacial score (nSPS) is 24.6. The lowest BCUT2D eigenvalue weighted by Gasteiger charge is -2.39. The lowest BCUT2D eigenvalue weighted by atomic mass is 10.1.